The highest BCUT2D eigenvalue weighted by atomic mass is 32.3. The molecule has 0 saturated carbocycles. The predicted molar refractivity (Wildman–Crippen MR) is 52.2 cm³/mol. The topological polar surface area (TPSA) is 73.2 Å². The van der Waals surface area contributed by atoms with Crippen LogP contribution in [0.25, 0.3) is 0 Å². The second kappa shape index (κ2) is 8.72. The number of nitriles is 1. The van der Waals surface area contributed by atoms with Gasteiger partial charge in [-0.3, -0.25) is 0 Å². The van der Waals surface area contributed by atoms with E-state index in [1.165, 1.54) is 19.6 Å². The van der Waals surface area contributed by atoms with Crippen molar-refractivity contribution >= 4 is 10.4 Å². The van der Waals surface area contributed by atoms with Crippen molar-refractivity contribution in [3.05, 3.63) is 0 Å². The number of rotatable bonds is 4. The standard InChI is InChI=1S/C6H15N.CHFN2O2S/c1-4-7(5-2)6-3;2-7(5,6)4-1-3/h4-6H2,1-3H3;4H. The van der Waals surface area contributed by atoms with Gasteiger partial charge in [-0.15, -0.1) is 0 Å². The van der Waals surface area contributed by atoms with Crippen LogP contribution in [0.3, 0.4) is 0 Å². The summed E-state index contributed by atoms with van der Waals surface area (Å²) in [5.41, 5.74) is 0. The molecule has 0 heterocycles. The average Bonchev–Trinajstić information content (AvgIpc) is 2.06. The summed E-state index contributed by atoms with van der Waals surface area (Å²) in [7, 11) is -4.79. The summed E-state index contributed by atoms with van der Waals surface area (Å²) >= 11 is 0. The first-order valence-electron chi connectivity index (χ1n) is 4.24. The Labute approximate surface area is 84.9 Å². The van der Waals surface area contributed by atoms with E-state index in [9.17, 15) is 12.3 Å². The number of halogens is 1. The Bertz CT molecular complexity index is 251. The van der Waals surface area contributed by atoms with E-state index in [4.69, 9.17) is 5.26 Å². The maximum absolute atomic E-state index is 11.0. The first-order valence-corrected chi connectivity index (χ1v) is 5.62. The van der Waals surface area contributed by atoms with Gasteiger partial charge >= 0.3 is 10.4 Å². The van der Waals surface area contributed by atoms with Crippen LogP contribution in [0.5, 0.6) is 0 Å². The van der Waals surface area contributed by atoms with Crippen LogP contribution < -0.4 is 4.72 Å². The van der Waals surface area contributed by atoms with E-state index in [2.05, 4.69) is 25.7 Å². The van der Waals surface area contributed by atoms with Crippen molar-refractivity contribution in [3.8, 4) is 6.19 Å². The third-order valence-corrected chi connectivity index (χ3v) is 1.84. The van der Waals surface area contributed by atoms with E-state index in [0.29, 0.717) is 0 Å². The molecule has 0 fully saturated rings. The van der Waals surface area contributed by atoms with Crippen molar-refractivity contribution in [1.29, 1.82) is 5.26 Å². The van der Waals surface area contributed by atoms with Gasteiger partial charge in [0.15, 0.2) is 6.19 Å². The molecule has 0 aliphatic heterocycles. The van der Waals surface area contributed by atoms with Crippen LogP contribution in [0, 0.1) is 11.5 Å². The smallest absolute Gasteiger partial charge is 0.304 e. The Kier molecular flexibility index (Phi) is 9.71. The largest absolute Gasteiger partial charge is 0.405 e. The van der Waals surface area contributed by atoms with Crippen LogP contribution in [-0.2, 0) is 10.4 Å². The van der Waals surface area contributed by atoms with Crippen molar-refractivity contribution in [2.24, 2.45) is 0 Å². The average molecular weight is 225 g/mol. The monoisotopic (exact) mass is 225 g/mol. The zero-order chi connectivity index (χ0) is 11.6. The molecule has 0 aromatic heterocycles. The van der Waals surface area contributed by atoms with E-state index in [1.807, 2.05) is 0 Å². The van der Waals surface area contributed by atoms with Crippen LogP contribution >= 0.6 is 0 Å². The maximum Gasteiger partial charge on any atom is 0.405 e. The Morgan fingerprint density at radius 3 is 1.64 bits per heavy atom. The third-order valence-electron chi connectivity index (χ3n) is 1.51. The highest BCUT2D eigenvalue weighted by molar-refractivity contribution is 7.84. The number of nitrogens with one attached hydrogen (secondary N) is 1. The minimum Gasteiger partial charge on any atom is -0.304 e. The van der Waals surface area contributed by atoms with E-state index in [1.54, 1.807) is 0 Å². The Hall–Kier alpha value is -0.870. The van der Waals surface area contributed by atoms with Gasteiger partial charge in [0, 0.05) is 0 Å². The van der Waals surface area contributed by atoms with Gasteiger partial charge in [-0.25, -0.2) is 0 Å². The maximum atomic E-state index is 11.0. The van der Waals surface area contributed by atoms with Crippen molar-refractivity contribution in [2.45, 2.75) is 20.8 Å². The highest BCUT2D eigenvalue weighted by Crippen LogP contribution is 1.81. The van der Waals surface area contributed by atoms with Crippen LogP contribution in [0.15, 0.2) is 0 Å². The summed E-state index contributed by atoms with van der Waals surface area (Å²) in [6, 6.07) is 0. The number of hydrogen-bond acceptors (Lipinski definition) is 4. The van der Waals surface area contributed by atoms with E-state index in [-0.39, 0.29) is 0 Å². The van der Waals surface area contributed by atoms with E-state index >= 15 is 0 Å². The molecule has 0 spiro atoms. The van der Waals surface area contributed by atoms with Gasteiger partial charge in [-0.2, -0.15) is 18.4 Å². The van der Waals surface area contributed by atoms with Crippen LogP contribution in [0.1, 0.15) is 20.8 Å². The first-order chi connectivity index (χ1) is 6.41. The molecule has 0 aromatic rings. The summed E-state index contributed by atoms with van der Waals surface area (Å²) in [6.45, 7) is 10.1. The number of nitrogens with zero attached hydrogens (tertiary/aromatic N) is 2. The highest BCUT2D eigenvalue weighted by Gasteiger charge is 1.99. The Morgan fingerprint density at radius 2 is 1.64 bits per heavy atom. The summed E-state index contributed by atoms with van der Waals surface area (Å²) < 4.78 is 30.4. The minimum absolute atomic E-state index is 0.895. The molecule has 1 N–H and O–H groups in total. The summed E-state index contributed by atoms with van der Waals surface area (Å²) in [5.74, 6) is 0. The van der Waals surface area contributed by atoms with Crippen molar-refractivity contribution in [3.63, 3.8) is 0 Å². The molecule has 5 nitrogen and oxygen atoms in total. The lowest BCUT2D eigenvalue weighted by atomic mass is 10.5. The molecule has 0 saturated heterocycles. The quantitative estimate of drug-likeness (QED) is 0.432. The van der Waals surface area contributed by atoms with Crippen molar-refractivity contribution in [1.82, 2.24) is 9.62 Å². The second-order valence-corrected chi connectivity index (χ2v) is 3.35. The molecule has 0 unspecified atom stereocenters. The van der Waals surface area contributed by atoms with Crippen LogP contribution in [-0.4, -0.2) is 33.0 Å². The molecule has 0 radical (unpaired) electrons. The van der Waals surface area contributed by atoms with Gasteiger partial charge in [0.05, 0.1) is 0 Å². The van der Waals surface area contributed by atoms with Gasteiger partial charge < -0.3 is 4.90 Å². The molecule has 14 heavy (non-hydrogen) atoms. The van der Waals surface area contributed by atoms with Crippen molar-refractivity contribution < 1.29 is 12.3 Å². The molecule has 0 aromatic carbocycles. The zero-order valence-electron chi connectivity index (χ0n) is 8.62. The molecule has 7 heteroatoms. The predicted octanol–water partition coefficient (Wildman–Crippen LogP) is 0.619. The lowest BCUT2D eigenvalue weighted by molar-refractivity contribution is 0.321. The molecule has 0 rings (SSSR count). The van der Waals surface area contributed by atoms with Gasteiger partial charge in [-0.05, 0) is 19.6 Å². The number of hydrogen-bond donors (Lipinski definition) is 1. The minimum atomic E-state index is -4.79. The van der Waals surface area contributed by atoms with Crippen LogP contribution in [0.2, 0.25) is 0 Å². The molecule has 0 aliphatic rings. The normalized spacial score (nSPS) is 10.0. The van der Waals surface area contributed by atoms with E-state index < -0.39 is 10.4 Å². The SMILES string of the molecule is CCN(CC)CC.N#CNS(=O)(=O)F. The molecule has 84 valence electrons. The molecule has 0 amide bonds. The van der Waals surface area contributed by atoms with Crippen molar-refractivity contribution in [2.75, 3.05) is 19.6 Å². The molecule has 0 atom stereocenters. The van der Waals surface area contributed by atoms with E-state index in [0.717, 1.165) is 10.9 Å². The van der Waals surface area contributed by atoms with Gasteiger partial charge in [0.25, 0.3) is 0 Å². The van der Waals surface area contributed by atoms with Gasteiger partial charge in [0.1, 0.15) is 0 Å². The first kappa shape index (κ1) is 15.6. The fraction of sp³-hybridized carbons (Fsp3) is 0.857. The van der Waals surface area contributed by atoms with Gasteiger partial charge in [0.2, 0.25) is 0 Å². The fourth-order valence-corrected chi connectivity index (χ4v) is 0.834. The second-order valence-electron chi connectivity index (χ2n) is 2.27. The van der Waals surface area contributed by atoms with Crippen LogP contribution in [0.4, 0.5) is 3.89 Å². The lowest BCUT2D eigenvalue weighted by Gasteiger charge is -2.13. The zero-order valence-corrected chi connectivity index (χ0v) is 9.43. The molecule has 0 aliphatic carbocycles. The third kappa shape index (κ3) is 13.7. The lowest BCUT2D eigenvalue weighted by Crippen LogP contribution is -2.21. The summed E-state index contributed by atoms with van der Waals surface area (Å²) in [4.78, 5) is 2.38. The Balaban J connectivity index is 0. The summed E-state index contributed by atoms with van der Waals surface area (Å²) in [5, 5.41) is 7.42. The Morgan fingerprint density at radius 1 is 1.29 bits per heavy atom. The summed E-state index contributed by atoms with van der Waals surface area (Å²) in [6.07, 6.45) is 0.895. The molecular weight excluding hydrogens is 209 g/mol. The molecule has 0 bridgehead atoms. The molecular formula is C7H16FN3O2S. The van der Waals surface area contributed by atoms with Gasteiger partial charge in [-0.1, -0.05) is 24.7 Å². The fourth-order valence-electron chi connectivity index (χ4n) is 0.725.